The number of ether oxygens (including phenoxy) is 1. The van der Waals surface area contributed by atoms with Crippen LogP contribution in [0.15, 0.2) is 71.2 Å². The average molecular weight is 601 g/mol. The fourth-order valence-corrected chi connectivity index (χ4v) is 7.04. The van der Waals surface area contributed by atoms with E-state index in [1.807, 2.05) is 61.5 Å². The SMILES string of the molecule is Cc1cc(NC(=O)COC(=O)[C@H](C(C)C)N2C(=O)[C@@H]3C4c5ccccc5C(c5ccccc54)[C@H]3C2=O)ccc1Br. The molecule has 0 radical (unpaired) electrons. The molecule has 1 saturated heterocycles. The number of nitrogens with one attached hydrogen (secondary N) is 1. The Labute approximate surface area is 241 Å². The number of halogens is 1. The fraction of sp³-hybridized carbons (Fsp3) is 0.312. The molecule has 1 N–H and O–H groups in total. The third-order valence-electron chi connectivity index (χ3n) is 8.42. The molecule has 1 fully saturated rings. The Morgan fingerprint density at radius 2 is 1.38 bits per heavy atom. The van der Waals surface area contributed by atoms with Crippen LogP contribution in [0.5, 0.6) is 0 Å². The van der Waals surface area contributed by atoms with Gasteiger partial charge in [-0.25, -0.2) is 4.79 Å². The zero-order valence-electron chi connectivity index (χ0n) is 22.4. The number of amides is 3. The predicted molar refractivity (Wildman–Crippen MR) is 152 cm³/mol. The van der Waals surface area contributed by atoms with E-state index >= 15 is 0 Å². The Bertz CT molecular complexity index is 1450. The van der Waals surface area contributed by atoms with Gasteiger partial charge in [0.1, 0.15) is 6.04 Å². The van der Waals surface area contributed by atoms with Crippen molar-refractivity contribution in [3.05, 3.63) is 99.0 Å². The number of likely N-dealkylation sites (tertiary alicyclic amines) is 1. The minimum atomic E-state index is -1.13. The van der Waals surface area contributed by atoms with Crippen LogP contribution in [0.2, 0.25) is 0 Å². The van der Waals surface area contributed by atoms with Crippen LogP contribution in [0.3, 0.4) is 0 Å². The van der Waals surface area contributed by atoms with Crippen LogP contribution < -0.4 is 5.32 Å². The van der Waals surface area contributed by atoms with Gasteiger partial charge in [-0.3, -0.25) is 19.3 Å². The molecule has 40 heavy (non-hydrogen) atoms. The lowest BCUT2D eigenvalue weighted by Crippen LogP contribution is -2.49. The van der Waals surface area contributed by atoms with Crippen LogP contribution >= 0.6 is 15.9 Å². The van der Waals surface area contributed by atoms with E-state index < -0.39 is 42.3 Å². The van der Waals surface area contributed by atoms with Crippen molar-refractivity contribution < 1.29 is 23.9 Å². The van der Waals surface area contributed by atoms with Gasteiger partial charge in [0.05, 0.1) is 11.8 Å². The van der Waals surface area contributed by atoms with Crippen molar-refractivity contribution >= 4 is 45.3 Å². The molecular formula is C32H29BrN2O5. The maximum atomic E-state index is 14.1. The standard InChI is InChI=1S/C32H29BrN2O5/c1-16(2)29(32(39)40-15-24(36)34-18-12-13-23(33)17(3)14-18)35-30(37)27-25-19-8-4-5-9-20(19)26(28(27)31(35)38)22-11-7-6-10-21(22)25/h4-14,16,25-29H,15H2,1-3H3,(H,34,36)/t25?,26?,27-,28-,29+/m1/s1. The highest BCUT2D eigenvalue weighted by molar-refractivity contribution is 9.10. The van der Waals surface area contributed by atoms with Crippen LogP contribution in [-0.2, 0) is 23.9 Å². The van der Waals surface area contributed by atoms with Crippen molar-refractivity contribution in [1.29, 1.82) is 0 Å². The molecule has 0 saturated carbocycles. The number of hydrogen-bond donors (Lipinski definition) is 1. The van der Waals surface area contributed by atoms with Gasteiger partial charge in [-0.1, -0.05) is 78.3 Å². The average Bonchev–Trinajstić information content (AvgIpc) is 3.20. The monoisotopic (exact) mass is 600 g/mol. The lowest BCUT2D eigenvalue weighted by molar-refractivity contribution is -0.162. The van der Waals surface area contributed by atoms with E-state index in [0.717, 1.165) is 37.2 Å². The molecule has 3 atom stereocenters. The highest BCUT2D eigenvalue weighted by Gasteiger charge is 2.63. The Balaban J connectivity index is 1.25. The number of imide groups is 1. The van der Waals surface area contributed by atoms with Crippen molar-refractivity contribution in [2.45, 2.75) is 38.6 Å². The van der Waals surface area contributed by atoms with Crippen LogP contribution in [0.1, 0.15) is 53.5 Å². The minimum absolute atomic E-state index is 0.257. The first-order chi connectivity index (χ1) is 19.2. The first-order valence-corrected chi connectivity index (χ1v) is 14.3. The summed E-state index contributed by atoms with van der Waals surface area (Å²) in [6.45, 7) is 4.93. The van der Waals surface area contributed by atoms with Crippen molar-refractivity contribution in [1.82, 2.24) is 4.90 Å². The smallest absolute Gasteiger partial charge is 0.330 e. The van der Waals surface area contributed by atoms with Gasteiger partial charge in [0, 0.05) is 22.0 Å². The molecule has 3 aromatic carbocycles. The molecule has 3 amide bonds. The first-order valence-electron chi connectivity index (χ1n) is 13.5. The molecule has 7 rings (SSSR count). The van der Waals surface area contributed by atoms with E-state index in [2.05, 4.69) is 21.2 Å². The number of nitrogens with zero attached hydrogens (tertiary/aromatic N) is 1. The number of hydrogen-bond acceptors (Lipinski definition) is 5. The predicted octanol–water partition coefficient (Wildman–Crippen LogP) is 5.16. The van der Waals surface area contributed by atoms with Crippen molar-refractivity contribution in [3.63, 3.8) is 0 Å². The Morgan fingerprint density at radius 3 is 1.82 bits per heavy atom. The van der Waals surface area contributed by atoms with E-state index in [1.54, 1.807) is 26.0 Å². The van der Waals surface area contributed by atoms with Gasteiger partial charge in [-0.15, -0.1) is 0 Å². The zero-order valence-corrected chi connectivity index (χ0v) is 24.0. The lowest BCUT2D eigenvalue weighted by Gasteiger charge is -2.45. The third-order valence-corrected chi connectivity index (χ3v) is 9.31. The van der Waals surface area contributed by atoms with Gasteiger partial charge in [-0.05, 0) is 58.9 Å². The molecule has 0 unspecified atom stereocenters. The fourth-order valence-electron chi connectivity index (χ4n) is 6.79. The Hall–Kier alpha value is -3.78. The van der Waals surface area contributed by atoms with E-state index in [1.165, 1.54) is 0 Å². The second-order valence-electron chi connectivity index (χ2n) is 11.1. The number of esters is 1. The summed E-state index contributed by atoms with van der Waals surface area (Å²) in [6, 6.07) is 20.2. The third kappa shape index (κ3) is 4.08. The van der Waals surface area contributed by atoms with Crippen LogP contribution in [-0.4, -0.2) is 41.2 Å². The molecule has 4 aliphatic rings. The van der Waals surface area contributed by atoms with E-state index in [4.69, 9.17) is 4.74 Å². The maximum absolute atomic E-state index is 14.1. The summed E-state index contributed by atoms with van der Waals surface area (Å²) in [5.74, 6) is -4.05. The molecule has 7 nitrogen and oxygen atoms in total. The molecule has 2 bridgehead atoms. The highest BCUT2D eigenvalue weighted by Crippen LogP contribution is 2.61. The molecule has 0 spiro atoms. The lowest BCUT2D eigenvalue weighted by atomic mass is 9.55. The summed E-state index contributed by atoms with van der Waals surface area (Å²) in [5.41, 5.74) is 5.79. The largest absolute Gasteiger partial charge is 0.454 e. The van der Waals surface area contributed by atoms with E-state index in [9.17, 15) is 19.2 Å². The van der Waals surface area contributed by atoms with Gasteiger partial charge in [0.25, 0.3) is 5.91 Å². The van der Waals surface area contributed by atoms with Gasteiger partial charge in [0.15, 0.2) is 6.61 Å². The molecule has 1 aliphatic heterocycles. The molecule has 3 aromatic rings. The summed E-state index contributed by atoms with van der Waals surface area (Å²) < 4.78 is 6.32. The topological polar surface area (TPSA) is 92.8 Å². The second kappa shape index (κ2) is 10.0. The molecule has 204 valence electrons. The quantitative estimate of drug-likeness (QED) is 0.312. The van der Waals surface area contributed by atoms with Gasteiger partial charge >= 0.3 is 5.97 Å². The van der Waals surface area contributed by atoms with Crippen molar-refractivity contribution in [3.8, 4) is 0 Å². The molecule has 3 aliphatic carbocycles. The van der Waals surface area contributed by atoms with E-state index in [-0.39, 0.29) is 23.7 Å². The van der Waals surface area contributed by atoms with Gasteiger partial charge < -0.3 is 10.1 Å². The summed E-state index contributed by atoms with van der Waals surface area (Å²) in [7, 11) is 0. The Morgan fingerprint density at radius 1 is 0.875 bits per heavy atom. The Kier molecular flexibility index (Phi) is 6.61. The van der Waals surface area contributed by atoms with Crippen LogP contribution in [0.4, 0.5) is 5.69 Å². The molecule has 1 heterocycles. The number of carbonyl (C=O) groups excluding carboxylic acids is 4. The minimum Gasteiger partial charge on any atom is -0.454 e. The normalized spacial score (nSPS) is 23.0. The number of rotatable bonds is 6. The van der Waals surface area contributed by atoms with Gasteiger partial charge in [-0.2, -0.15) is 0 Å². The number of carbonyl (C=O) groups is 4. The van der Waals surface area contributed by atoms with Crippen molar-refractivity contribution in [2.75, 3.05) is 11.9 Å². The summed E-state index contributed by atoms with van der Waals surface area (Å²) in [4.78, 5) is 55.2. The zero-order chi connectivity index (χ0) is 28.3. The van der Waals surface area contributed by atoms with Crippen molar-refractivity contribution in [2.24, 2.45) is 17.8 Å². The summed E-state index contributed by atoms with van der Waals surface area (Å²) in [5, 5.41) is 2.72. The number of anilines is 1. The second-order valence-corrected chi connectivity index (χ2v) is 12.0. The van der Waals surface area contributed by atoms with E-state index in [0.29, 0.717) is 5.69 Å². The molecule has 8 heteroatoms. The first kappa shape index (κ1) is 26.4. The van der Waals surface area contributed by atoms with Gasteiger partial charge in [0.2, 0.25) is 11.8 Å². The van der Waals surface area contributed by atoms with Crippen LogP contribution in [0.25, 0.3) is 0 Å². The summed E-state index contributed by atoms with van der Waals surface area (Å²) in [6.07, 6.45) is 0. The number of benzene rings is 3. The maximum Gasteiger partial charge on any atom is 0.330 e. The number of aryl methyl sites for hydroxylation is 1. The highest BCUT2D eigenvalue weighted by atomic mass is 79.9. The molecular weight excluding hydrogens is 572 g/mol. The van der Waals surface area contributed by atoms with Crippen LogP contribution in [0, 0.1) is 24.7 Å². The molecule has 0 aromatic heterocycles. The summed E-state index contributed by atoms with van der Waals surface area (Å²) >= 11 is 3.43.